The number of hydrogen-bond acceptors (Lipinski definition) is 4. The molecule has 262 valence electrons. The summed E-state index contributed by atoms with van der Waals surface area (Å²) in [5.74, 6) is 1.00. The zero-order chi connectivity index (χ0) is 40.5. The highest BCUT2D eigenvalue weighted by Crippen LogP contribution is 2.39. The topological polar surface area (TPSA) is 56.7 Å². The van der Waals surface area contributed by atoms with Gasteiger partial charge in [0.1, 0.15) is 11.2 Å². The number of fused-ring (bicyclic) bond motifs is 6. The molecule has 3 aromatic heterocycles. The van der Waals surface area contributed by atoms with Crippen LogP contribution < -0.4 is 0 Å². The van der Waals surface area contributed by atoms with Crippen molar-refractivity contribution in [3.05, 3.63) is 194 Å². The zero-order valence-electron chi connectivity index (χ0n) is 33.9. The maximum absolute atomic E-state index is 9.34. The minimum atomic E-state index is -0.341. The summed E-state index contributed by atoms with van der Waals surface area (Å²) < 4.78 is 44.3. The number of rotatable bonds is 6. The Kier molecular flexibility index (Phi) is 6.50. The molecular formula is C51H32N4O. The summed E-state index contributed by atoms with van der Waals surface area (Å²) >= 11 is 0. The molecule has 0 radical (unpaired) electrons. The van der Waals surface area contributed by atoms with Crippen molar-refractivity contribution in [3.8, 4) is 62.1 Å². The Morgan fingerprint density at radius 1 is 0.411 bits per heavy atom. The molecule has 11 rings (SSSR count). The summed E-state index contributed by atoms with van der Waals surface area (Å²) in [6.07, 6.45) is 0. The zero-order valence-corrected chi connectivity index (χ0v) is 29.9. The molecule has 0 N–H and O–H groups in total. The average molecular weight is 721 g/mol. The highest BCUT2D eigenvalue weighted by atomic mass is 16.3. The van der Waals surface area contributed by atoms with Crippen LogP contribution in [0.1, 0.15) is 5.48 Å². The molecule has 3 heterocycles. The van der Waals surface area contributed by atoms with E-state index < -0.39 is 0 Å². The molecule has 11 aromatic rings. The van der Waals surface area contributed by atoms with Gasteiger partial charge in [0.15, 0.2) is 11.6 Å². The van der Waals surface area contributed by atoms with Crippen molar-refractivity contribution < 1.29 is 9.90 Å². The molecule has 56 heavy (non-hydrogen) atoms. The molecule has 0 aliphatic carbocycles. The lowest BCUT2D eigenvalue weighted by Crippen LogP contribution is -2.06. The Morgan fingerprint density at radius 3 is 1.71 bits per heavy atom. The first-order chi connectivity index (χ1) is 29.4. The largest absolute Gasteiger partial charge is 0.456 e. The molecule has 0 aliphatic heterocycles. The van der Waals surface area contributed by atoms with Crippen molar-refractivity contribution in [2.75, 3.05) is 0 Å². The van der Waals surface area contributed by atoms with E-state index in [0.29, 0.717) is 39.1 Å². The fourth-order valence-corrected chi connectivity index (χ4v) is 7.72. The van der Waals surface area contributed by atoms with Gasteiger partial charge >= 0.3 is 0 Å². The number of aromatic nitrogens is 4. The number of nitrogens with zero attached hydrogens (tertiary/aromatic N) is 4. The van der Waals surface area contributed by atoms with Gasteiger partial charge in [-0.1, -0.05) is 164 Å². The SMILES string of the molecule is [2H]c1c([2H])c([2H])c2c(c1[2H])c1c(-c3ccc(-c4ccccc4)cc3)cccc1n2-c1nc(-c2ccc(-c3ccccc3)cc2)nc(-c2ccc3c(c2)oc2ccccc23)n1. The third-order valence-electron chi connectivity index (χ3n) is 10.4. The van der Waals surface area contributed by atoms with E-state index in [1.54, 1.807) is 4.57 Å². The predicted molar refractivity (Wildman–Crippen MR) is 229 cm³/mol. The van der Waals surface area contributed by atoms with Gasteiger partial charge in [0.05, 0.1) is 16.5 Å². The smallest absolute Gasteiger partial charge is 0.238 e. The average Bonchev–Trinajstić information content (AvgIpc) is 3.87. The lowest BCUT2D eigenvalue weighted by molar-refractivity contribution is 0.669. The normalized spacial score (nSPS) is 12.6. The monoisotopic (exact) mass is 720 g/mol. The second kappa shape index (κ2) is 13.0. The molecule has 5 nitrogen and oxygen atoms in total. The first kappa shape index (κ1) is 27.9. The fraction of sp³-hybridized carbons (Fsp3) is 0. The molecule has 0 saturated heterocycles. The quantitative estimate of drug-likeness (QED) is 0.172. The summed E-state index contributed by atoms with van der Waals surface area (Å²) in [6.45, 7) is 0. The molecule has 5 heteroatoms. The van der Waals surface area contributed by atoms with Crippen LogP contribution in [0.5, 0.6) is 0 Å². The van der Waals surface area contributed by atoms with Crippen LogP contribution >= 0.6 is 0 Å². The van der Waals surface area contributed by atoms with Crippen molar-refractivity contribution in [3.63, 3.8) is 0 Å². The highest BCUT2D eigenvalue weighted by molar-refractivity contribution is 6.15. The van der Waals surface area contributed by atoms with Gasteiger partial charge < -0.3 is 4.42 Å². The van der Waals surface area contributed by atoms with Crippen LogP contribution in [0, 0.1) is 0 Å². The van der Waals surface area contributed by atoms with Crippen LogP contribution in [0.4, 0.5) is 0 Å². The van der Waals surface area contributed by atoms with Gasteiger partial charge in [-0.2, -0.15) is 9.97 Å². The van der Waals surface area contributed by atoms with Crippen LogP contribution in [-0.4, -0.2) is 19.5 Å². The van der Waals surface area contributed by atoms with Gasteiger partial charge in [0, 0.05) is 32.7 Å². The third-order valence-corrected chi connectivity index (χ3v) is 10.4. The molecule has 0 bridgehead atoms. The molecule has 0 saturated carbocycles. The van der Waals surface area contributed by atoms with E-state index in [-0.39, 0.29) is 35.6 Å². The second-order valence-corrected chi connectivity index (χ2v) is 13.7. The number of para-hydroxylation sites is 2. The fourth-order valence-electron chi connectivity index (χ4n) is 7.72. The maximum atomic E-state index is 9.34. The molecular weight excluding hydrogens is 685 g/mol. The minimum Gasteiger partial charge on any atom is -0.456 e. The van der Waals surface area contributed by atoms with E-state index in [4.69, 9.17) is 22.1 Å². The van der Waals surface area contributed by atoms with Crippen molar-refractivity contribution in [1.82, 2.24) is 19.5 Å². The Hall–Kier alpha value is -7.63. The van der Waals surface area contributed by atoms with Crippen molar-refractivity contribution in [2.45, 2.75) is 0 Å². The first-order valence-corrected chi connectivity index (χ1v) is 18.4. The van der Waals surface area contributed by atoms with Gasteiger partial charge in [0.2, 0.25) is 5.95 Å². The number of furan rings is 1. The summed E-state index contributed by atoms with van der Waals surface area (Å²) in [6, 6.07) is 55.4. The van der Waals surface area contributed by atoms with Crippen LogP contribution in [0.25, 0.3) is 106 Å². The van der Waals surface area contributed by atoms with Gasteiger partial charge in [-0.05, 0) is 63.7 Å². The van der Waals surface area contributed by atoms with Crippen LogP contribution in [0.2, 0.25) is 0 Å². The van der Waals surface area contributed by atoms with Gasteiger partial charge in [-0.15, -0.1) is 0 Å². The van der Waals surface area contributed by atoms with E-state index >= 15 is 0 Å². The van der Waals surface area contributed by atoms with E-state index in [0.717, 1.165) is 55.3 Å². The molecule has 0 spiro atoms. The van der Waals surface area contributed by atoms with Crippen LogP contribution in [0.3, 0.4) is 0 Å². The van der Waals surface area contributed by atoms with Gasteiger partial charge in [-0.3, -0.25) is 4.57 Å². The second-order valence-electron chi connectivity index (χ2n) is 13.7. The van der Waals surface area contributed by atoms with E-state index in [1.807, 2.05) is 121 Å². The molecule has 0 fully saturated rings. The van der Waals surface area contributed by atoms with Crippen LogP contribution in [0.15, 0.2) is 198 Å². The highest BCUT2D eigenvalue weighted by Gasteiger charge is 2.20. The lowest BCUT2D eigenvalue weighted by atomic mass is 9.97. The molecule has 0 aliphatic rings. The van der Waals surface area contributed by atoms with E-state index in [1.165, 1.54) is 0 Å². The summed E-state index contributed by atoms with van der Waals surface area (Å²) in [4.78, 5) is 15.3. The molecule has 0 unspecified atom stereocenters. The van der Waals surface area contributed by atoms with E-state index in [9.17, 15) is 2.74 Å². The van der Waals surface area contributed by atoms with Crippen molar-refractivity contribution in [1.29, 1.82) is 0 Å². The standard InChI is InChI=1S/C51H32N4O/c1-3-12-33(13-4-1)35-22-26-37(27-23-35)40-18-11-20-45-48(40)43-17-7-9-19-44(43)55(45)51-53-49(38-28-24-36(25-29-38)34-14-5-2-6-15-34)52-50(54-51)39-30-31-42-41-16-8-10-21-46(41)56-47(42)32-39/h1-32H/i7D,9D,17D,19D. The summed E-state index contributed by atoms with van der Waals surface area (Å²) in [5, 5.41) is 3.05. The maximum Gasteiger partial charge on any atom is 0.238 e. The van der Waals surface area contributed by atoms with Crippen LogP contribution in [-0.2, 0) is 0 Å². The van der Waals surface area contributed by atoms with Crippen molar-refractivity contribution >= 4 is 43.7 Å². The Morgan fingerprint density at radius 2 is 0.982 bits per heavy atom. The number of benzene rings is 8. The first-order valence-electron chi connectivity index (χ1n) is 20.4. The number of hydrogen-bond donors (Lipinski definition) is 0. The lowest BCUT2D eigenvalue weighted by Gasteiger charge is -2.12. The summed E-state index contributed by atoms with van der Waals surface area (Å²) in [5.41, 5.74) is 9.88. The minimum absolute atomic E-state index is 0.135. The van der Waals surface area contributed by atoms with Crippen molar-refractivity contribution in [2.24, 2.45) is 0 Å². The molecule has 0 amide bonds. The predicted octanol–water partition coefficient (Wildman–Crippen LogP) is 13.2. The molecule has 0 atom stereocenters. The summed E-state index contributed by atoms with van der Waals surface area (Å²) in [7, 11) is 0. The molecule has 8 aromatic carbocycles. The Labute approximate surface area is 328 Å². The third kappa shape index (κ3) is 5.37. The van der Waals surface area contributed by atoms with Gasteiger partial charge in [-0.25, -0.2) is 4.98 Å². The van der Waals surface area contributed by atoms with Gasteiger partial charge in [0.25, 0.3) is 0 Å². The Balaban J connectivity index is 1.16. The Bertz CT molecular complexity index is 3460. The van der Waals surface area contributed by atoms with E-state index in [2.05, 4.69) is 48.5 Å².